The van der Waals surface area contributed by atoms with Crippen LogP contribution < -0.4 is 11.1 Å². The monoisotopic (exact) mass is 202 g/mol. The molecule has 2 aliphatic rings. The van der Waals surface area contributed by atoms with Gasteiger partial charge in [-0.05, 0) is 6.08 Å². The summed E-state index contributed by atoms with van der Waals surface area (Å²) in [5, 5.41) is 3.15. The number of hydrogen-bond acceptors (Lipinski definition) is 3. The molecule has 5 nitrogen and oxygen atoms in total. The minimum absolute atomic E-state index is 0.400. The Morgan fingerprint density at radius 3 is 3.20 bits per heavy atom. The number of nitrogens with one attached hydrogen (secondary N) is 2. The Hall–Kier alpha value is -2.04. The van der Waals surface area contributed by atoms with Crippen molar-refractivity contribution in [2.24, 2.45) is 10.7 Å². The molecule has 2 heterocycles. The van der Waals surface area contributed by atoms with E-state index in [4.69, 9.17) is 5.73 Å². The number of aromatic amines is 1. The fourth-order valence-electron chi connectivity index (χ4n) is 2.00. The third-order valence-corrected chi connectivity index (χ3v) is 2.75. The van der Waals surface area contributed by atoms with Gasteiger partial charge in [-0.15, -0.1) is 0 Å². The summed E-state index contributed by atoms with van der Waals surface area (Å²) in [5.74, 6) is -0.400. The summed E-state index contributed by atoms with van der Waals surface area (Å²) < 4.78 is 0. The quantitative estimate of drug-likeness (QED) is 0.599. The molecule has 1 aromatic rings. The minimum Gasteiger partial charge on any atom is -0.366 e. The Kier molecular flexibility index (Phi) is 1.50. The zero-order valence-electron chi connectivity index (χ0n) is 8.00. The highest BCUT2D eigenvalue weighted by Crippen LogP contribution is 2.25. The lowest BCUT2D eigenvalue weighted by Crippen LogP contribution is -2.18. The van der Waals surface area contributed by atoms with Crippen LogP contribution in [0.25, 0.3) is 6.08 Å². The van der Waals surface area contributed by atoms with Crippen LogP contribution in [0.4, 0.5) is 0 Å². The number of primary amides is 1. The maximum absolute atomic E-state index is 11.1. The van der Waals surface area contributed by atoms with Gasteiger partial charge >= 0.3 is 0 Å². The van der Waals surface area contributed by atoms with Gasteiger partial charge in [-0.1, -0.05) is 0 Å². The van der Waals surface area contributed by atoms with Crippen LogP contribution in [0.3, 0.4) is 0 Å². The fourth-order valence-corrected chi connectivity index (χ4v) is 2.00. The number of nitrogens with two attached hydrogens (primary N) is 1. The predicted octanol–water partition coefficient (Wildman–Crippen LogP) is 0.0123. The molecule has 0 radical (unpaired) electrons. The van der Waals surface area contributed by atoms with E-state index in [9.17, 15) is 4.79 Å². The van der Waals surface area contributed by atoms with Crippen LogP contribution in [-0.2, 0) is 6.42 Å². The molecule has 1 aliphatic carbocycles. The third kappa shape index (κ3) is 1.09. The van der Waals surface area contributed by atoms with E-state index in [1.807, 2.05) is 6.08 Å². The summed E-state index contributed by atoms with van der Waals surface area (Å²) in [6, 6.07) is 0. The average molecular weight is 202 g/mol. The van der Waals surface area contributed by atoms with Gasteiger partial charge in [0, 0.05) is 23.9 Å². The largest absolute Gasteiger partial charge is 0.366 e. The number of aliphatic imine (C=N–C) groups is 1. The minimum atomic E-state index is -0.400. The smallest absolute Gasteiger partial charge is 0.250 e. The van der Waals surface area contributed by atoms with Gasteiger partial charge in [-0.3, -0.25) is 9.79 Å². The standard InChI is InChI=1S/C10H10N4O/c11-10(15)6-3-12-7-2-9-8(1-5(6)7)13-4-14-9/h1,3,12-13H,2,4H2,(H2,11,15). The number of carbonyl (C=O) groups is 1. The molecule has 0 bridgehead atoms. The van der Waals surface area contributed by atoms with Crippen molar-refractivity contribution < 1.29 is 4.79 Å². The van der Waals surface area contributed by atoms with Gasteiger partial charge < -0.3 is 16.0 Å². The number of nitrogens with zero attached hydrogens (tertiary/aromatic N) is 1. The summed E-state index contributed by atoms with van der Waals surface area (Å²) in [5.41, 5.74) is 9.78. The van der Waals surface area contributed by atoms with Crippen LogP contribution in [0.5, 0.6) is 0 Å². The Bertz CT molecular complexity index is 509. The van der Waals surface area contributed by atoms with Crippen LogP contribution in [0.2, 0.25) is 0 Å². The first-order valence-electron chi connectivity index (χ1n) is 4.75. The number of H-pyrrole nitrogens is 1. The Labute approximate surface area is 86.1 Å². The van der Waals surface area contributed by atoms with Gasteiger partial charge in [0.25, 0.3) is 5.91 Å². The van der Waals surface area contributed by atoms with Crippen LogP contribution >= 0.6 is 0 Å². The van der Waals surface area contributed by atoms with E-state index in [1.165, 1.54) is 0 Å². The molecule has 0 unspecified atom stereocenters. The first-order valence-corrected chi connectivity index (χ1v) is 4.75. The summed E-state index contributed by atoms with van der Waals surface area (Å²) in [6.07, 6.45) is 4.33. The van der Waals surface area contributed by atoms with Crippen LogP contribution in [0.1, 0.15) is 21.6 Å². The second kappa shape index (κ2) is 2.73. The highest BCUT2D eigenvalue weighted by Gasteiger charge is 2.24. The number of amides is 1. The molecule has 1 aromatic heterocycles. The van der Waals surface area contributed by atoms with E-state index in [0.29, 0.717) is 12.2 Å². The summed E-state index contributed by atoms with van der Waals surface area (Å²) >= 11 is 0. The molecule has 0 spiro atoms. The van der Waals surface area contributed by atoms with E-state index in [0.717, 1.165) is 29.1 Å². The molecule has 0 aromatic carbocycles. The Balaban J connectivity index is 2.16. The SMILES string of the molecule is NC(=O)c1c[nH]c2c1C=C1NCN=C1C2. The predicted molar refractivity (Wildman–Crippen MR) is 56.4 cm³/mol. The van der Waals surface area contributed by atoms with Gasteiger partial charge in [0.15, 0.2) is 0 Å². The second-order valence-corrected chi connectivity index (χ2v) is 3.63. The van der Waals surface area contributed by atoms with Crippen LogP contribution in [0.15, 0.2) is 16.9 Å². The van der Waals surface area contributed by atoms with Crippen molar-refractivity contribution >= 4 is 17.7 Å². The van der Waals surface area contributed by atoms with Crippen LogP contribution in [-0.4, -0.2) is 23.3 Å². The lowest BCUT2D eigenvalue weighted by molar-refractivity contribution is 0.100. The van der Waals surface area contributed by atoms with Crippen molar-refractivity contribution in [2.45, 2.75) is 6.42 Å². The fraction of sp³-hybridized carbons (Fsp3) is 0.200. The van der Waals surface area contributed by atoms with Crippen molar-refractivity contribution in [1.29, 1.82) is 0 Å². The molecule has 15 heavy (non-hydrogen) atoms. The molecule has 0 saturated heterocycles. The number of allylic oxidation sites excluding steroid dienone is 1. The van der Waals surface area contributed by atoms with Gasteiger partial charge in [0.1, 0.15) is 6.67 Å². The lowest BCUT2D eigenvalue weighted by atomic mass is 9.98. The zero-order chi connectivity index (χ0) is 10.4. The normalized spacial score (nSPS) is 17.3. The van der Waals surface area contributed by atoms with Gasteiger partial charge in [-0.25, -0.2) is 0 Å². The molecule has 3 rings (SSSR count). The van der Waals surface area contributed by atoms with Gasteiger partial charge in [0.2, 0.25) is 0 Å². The van der Waals surface area contributed by atoms with Gasteiger partial charge in [0.05, 0.1) is 17.0 Å². The average Bonchev–Trinajstić information content (AvgIpc) is 2.77. The van der Waals surface area contributed by atoms with Crippen molar-refractivity contribution in [1.82, 2.24) is 10.3 Å². The van der Waals surface area contributed by atoms with Crippen LogP contribution in [0, 0.1) is 0 Å². The molecule has 1 aliphatic heterocycles. The van der Waals surface area contributed by atoms with E-state index in [1.54, 1.807) is 6.20 Å². The molecule has 4 N–H and O–H groups in total. The Morgan fingerprint density at radius 2 is 2.40 bits per heavy atom. The van der Waals surface area contributed by atoms with Gasteiger partial charge in [-0.2, -0.15) is 0 Å². The van der Waals surface area contributed by atoms with E-state index in [-0.39, 0.29) is 0 Å². The lowest BCUT2D eigenvalue weighted by Gasteiger charge is -2.11. The van der Waals surface area contributed by atoms with E-state index >= 15 is 0 Å². The summed E-state index contributed by atoms with van der Waals surface area (Å²) in [7, 11) is 0. The van der Waals surface area contributed by atoms with E-state index < -0.39 is 5.91 Å². The van der Waals surface area contributed by atoms with Crippen molar-refractivity contribution in [3.63, 3.8) is 0 Å². The number of aromatic nitrogens is 1. The third-order valence-electron chi connectivity index (χ3n) is 2.75. The first kappa shape index (κ1) is 8.28. The molecular weight excluding hydrogens is 192 g/mol. The van der Waals surface area contributed by atoms with E-state index in [2.05, 4.69) is 15.3 Å². The number of rotatable bonds is 1. The summed E-state index contributed by atoms with van der Waals surface area (Å²) in [6.45, 7) is 0.622. The topological polar surface area (TPSA) is 83.3 Å². The highest BCUT2D eigenvalue weighted by atomic mass is 16.1. The highest BCUT2D eigenvalue weighted by molar-refractivity contribution is 6.10. The molecule has 5 heteroatoms. The number of carbonyl (C=O) groups excluding carboxylic acids is 1. The Morgan fingerprint density at radius 1 is 1.53 bits per heavy atom. The zero-order valence-corrected chi connectivity index (χ0v) is 8.00. The molecule has 76 valence electrons. The molecule has 0 saturated carbocycles. The molecule has 1 amide bonds. The maximum atomic E-state index is 11.1. The number of hydrogen-bond donors (Lipinski definition) is 3. The van der Waals surface area contributed by atoms with Crippen molar-refractivity contribution in [2.75, 3.05) is 6.67 Å². The molecule has 0 fully saturated rings. The molecule has 0 atom stereocenters. The van der Waals surface area contributed by atoms with Crippen molar-refractivity contribution in [3.8, 4) is 0 Å². The maximum Gasteiger partial charge on any atom is 0.250 e. The second-order valence-electron chi connectivity index (χ2n) is 3.63. The first-order chi connectivity index (χ1) is 7.25. The van der Waals surface area contributed by atoms with Crippen molar-refractivity contribution in [3.05, 3.63) is 28.7 Å². The number of fused-ring (bicyclic) bond motifs is 2. The molecular formula is C10H10N4O. The summed E-state index contributed by atoms with van der Waals surface area (Å²) in [4.78, 5) is 18.5.